The first-order valence-corrected chi connectivity index (χ1v) is 5.34. The number of carbonyl (C=O) groups is 2. The highest BCUT2D eigenvalue weighted by Crippen LogP contribution is 2.09. The van der Waals surface area contributed by atoms with Crippen molar-refractivity contribution >= 4 is 11.9 Å². The normalized spacial score (nSPS) is 9.60. The van der Waals surface area contributed by atoms with E-state index >= 15 is 0 Å². The first kappa shape index (κ1) is 15.7. The minimum Gasteiger partial charge on any atom is -1.00 e. The third-order valence-electron chi connectivity index (χ3n) is 2.39. The Kier molecular flexibility index (Phi) is 5.27. The lowest BCUT2D eigenvalue weighted by atomic mass is 10.1. The van der Waals surface area contributed by atoms with Crippen molar-refractivity contribution in [2.24, 2.45) is 0 Å². The largest absolute Gasteiger partial charge is 1.00 e. The summed E-state index contributed by atoms with van der Waals surface area (Å²) in [6.07, 6.45) is 4.64. The molecule has 0 aromatic carbocycles. The van der Waals surface area contributed by atoms with E-state index in [1.54, 1.807) is 29.2 Å². The molecule has 2 aromatic rings. The molecule has 0 saturated heterocycles. The first-order chi connectivity index (χ1) is 9.08. The minimum atomic E-state index is -1.37. The fraction of sp³-hybridized carbons (Fsp3) is 0.0833. The van der Waals surface area contributed by atoms with E-state index in [1.807, 2.05) is 0 Å². The molecular formula is C12H10BrN3O4. The summed E-state index contributed by atoms with van der Waals surface area (Å²) in [6.45, 7) is 0.314. The maximum absolute atomic E-state index is 11.0. The third-order valence-corrected chi connectivity index (χ3v) is 2.39. The van der Waals surface area contributed by atoms with E-state index in [0.29, 0.717) is 12.1 Å². The van der Waals surface area contributed by atoms with E-state index in [0.717, 1.165) is 0 Å². The van der Waals surface area contributed by atoms with Crippen LogP contribution in [0.25, 0.3) is 0 Å². The number of pyridine rings is 1. The second kappa shape index (κ2) is 6.71. The summed E-state index contributed by atoms with van der Waals surface area (Å²) in [6, 6.07) is 4.83. The predicted octanol–water partition coefficient (Wildman–Crippen LogP) is -2.79. The van der Waals surface area contributed by atoms with Crippen LogP contribution in [0.1, 0.15) is 26.4 Å². The van der Waals surface area contributed by atoms with Crippen molar-refractivity contribution in [3.05, 3.63) is 53.6 Å². The molecule has 20 heavy (non-hydrogen) atoms. The Morgan fingerprint density at radius 3 is 2.50 bits per heavy atom. The van der Waals surface area contributed by atoms with Crippen molar-refractivity contribution < 1.29 is 41.5 Å². The van der Waals surface area contributed by atoms with Crippen molar-refractivity contribution in [1.29, 1.82) is 0 Å². The van der Waals surface area contributed by atoms with E-state index < -0.39 is 17.6 Å². The second-order valence-electron chi connectivity index (χ2n) is 3.75. The van der Waals surface area contributed by atoms with E-state index in [1.165, 1.54) is 12.3 Å². The summed E-state index contributed by atoms with van der Waals surface area (Å²) in [5.41, 5.74) is -0.241. The molecule has 0 spiro atoms. The number of hydrogen-bond acceptors (Lipinski definition) is 4. The van der Waals surface area contributed by atoms with Crippen molar-refractivity contribution in [3.8, 4) is 0 Å². The van der Waals surface area contributed by atoms with Crippen molar-refractivity contribution in [2.75, 3.05) is 0 Å². The Labute approximate surface area is 124 Å². The van der Waals surface area contributed by atoms with Crippen LogP contribution in [0.4, 0.5) is 0 Å². The molecule has 0 aliphatic carbocycles. The maximum Gasteiger partial charge on any atom is 0.355 e. The highest BCUT2D eigenvalue weighted by atomic mass is 79.9. The zero-order valence-electron chi connectivity index (χ0n) is 10.1. The molecule has 7 nitrogen and oxygen atoms in total. The van der Waals surface area contributed by atoms with Crippen LogP contribution in [-0.2, 0) is 6.54 Å². The summed E-state index contributed by atoms with van der Waals surface area (Å²) in [5, 5.41) is 21.9. The Balaban J connectivity index is 0.00000200. The molecule has 104 valence electrons. The van der Waals surface area contributed by atoms with Gasteiger partial charge in [0, 0.05) is 17.8 Å². The molecular weight excluding hydrogens is 330 g/mol. The van der Waals surface area contributed by atoms with Gasteiger partial charge >= 0.3 is 11.9 Å². The van der Waals surface area contributed by atoms with E-state index in [9.17, 15) is 9.59 Å². The number of aromatic nitrogens is 3. The van der Waals surface area contributed by atoms with Crippen LogP contribution in [0.15, 0.2) is 36.8 Å². The topological polar surface area (TPSA) is 104 Å². The highest BCUT2D eigenvalue weighted by molar-refractivity contribution is 6.00. The lowest BCUT2D eigenvalue weighted by Gasteiger charge is -2.02. The van der Waals surface area contributed by atoms with Gasteiger partial charge in [-0.25, -0.2) is 14.6 Å². The molecule has 2 rings (SSSR count). The number of carboxylic acid groups (broad SMARTS) is 2. The maximum atomic E-state index is 11.0. The Bertz CT molecular complexity index is 634. The Hall–Kier alpha value is -2.35. The average molecular weight is 340 g/mol. The van der Waals surface area contributed by atoms with Crippen LogP contribution >= 0.6 is 0 Å². The second-order valence-corrected chi connectivity index (χ2v) is 3.75. The predicted molar refractivity (Wildman–Crippen MR) is 61.7 cm³/mol. The summed E-state index contributed by atoms with van der Waals surface area (Å²) in [7, 11) is 0. The van der Waals surface area contributed by atoms with E-state index in [2.05, 4.69) is 10.1 Å². The molecule has 0 bridgehead atoms. The molecule has 2 heterocycles. The van der Waals surface area contributed by atoms with Gasteiger partial charge in [-0.15, -0.1) is 0 Å². The Morgan fingerprint density at radius 1 is 1.20 bits per heavy atom. The lowest BCUT2D eigenvalue weighted by molar-refractivity contribution is -0.746. The van der Waals surface area contributed by atoms with Gasteiger partial charge in [0.2, 0.25) is 6.54 Å². The number of rotatable bonds is 4. The molecule has 2 aromatic heterocycles. The van der Waals surface area contributed by atoms with Gasteiger partial charge in [0.05, 0.1) is 11.8 Å². The Morgan fingerprint density at radius 2 is 1.95 bits per heavy atom. The van der Waals surface area contributed by atoms with Crippen molar-refractivity contribution in [3.63, 3.8) is 0 Å². The van der Waals surface area contributed by atoms with E-state index in [-0.39, 0.29) is 22.5 Å². The molecule has 0 fully saturated rings. The molecule has 0 amide bonds. The summed E-state index contributed by atoms with van der Waals surface area (Å²) < 4.78 is 1.59. The summed E-state index contributed by atoms with van der Waals surface area (Å²) >= 11 is 0. The quantitative estimate of drug-likeness (QED) is 0.584. The van der Waals surface area contributed by atoms with Crippen LogP contribution in [0, 0.1) is 0 Å². The molecule has 8 heteroatoms. The zero-order valence-corrected chi connectivity index (χ0v) is 11.7. The molecule has 0 aliphatic heterocycles. The van der Waals surface area contributed by atoms with Gasteiger partial charge in [0.25, 0.3) is 0 Å². The van der Waals surface area contributed by atoms with Crippen LogP contribution in [0.2, 0.25) is 0 Å². The highest BCUT2D eigenvalue weighted by Gasteiger charge is 2.19. The van der Waals surface area contributed by atoms with Crippen LogP contribution in [0.5, 0.6) is 0 Å². The van der Waals surface area contributed by atoms with E-state index in [4.69, 9.17) is 10.2 Å². The zero-order chi connectivity index (χ0) is 13.8. The number of carboxylic acids is 2. The number of nitrogens with zero attached hydrogens (tertiary/aromatic N) is 3. The van der Waals surface area contributed by atoms with Gasteiger partial charge in [-0.05, 0) is 17.2 Å². The fourth-order valence-electron chi connectivity index (χ4n) is 1.57. The van der Waals surface area contributed by atoms with Crippen LogP contribution in [0.3, 0.4) is 0 Å². The van der Waals surface area contributed by atoms with Crippen LogP contribution in [-0.4, -0.2) is 32.2 Å². The smallest absolute Gasteiger partial charge is 0.355 e. The number of aromatic carboxylic acids is 2. The average Bonchev–Trinajstić information content (AvgIpc) is 2.39. The van der Waals surface area contributed by atoms with Gasteiger partial charge in [-0.3, -0.25) is 0 Å². The van der Waals surface area contributed by atoms with Crippen molar-refractivity contribution in [2.45, 2.75) is 6.54 Å². The molecule has 0 aliphatic rings. The van der Waals surface area contributed by atoms with Crippen LogP contribution < -0.4 is 21.7 Å². The molecule has 0 unspecified atom stereocenters. The molecule has 2 N–H and O–H groups in total. The van der Waals surface area contributed by atoms with Gasteiger partial charge in [-0.1, -0.05) is 4.68 Å². The van der Waals surface area contributed by atoms with Gasteiger partial charge in [-0.2, -0.15) is 0 Å². The number of halogens is 1. The van der Waals surface area contributed by atoms with Gasteiger partial charge < -0.3 is 27.2 Å². The van der Waals surface area contributed by atoms with Gasteiger partial charge in [0.1, 0.15) is 0 Å². The summed E-state index contributed by atoms with van der Waals surface area (Å²) in [4.78, 5) is 25.5. The lowest BCUT2D eigenvalue weighted by Crippen LogP contribution is -3.00. The SMILES string of the molecule is O=C(O)c1cc(C[n+]2ccccn2)cnc1C(=O)O.[Br-]. The fourth-order valence-corrected chi connectivity index (χ4v) is 1.57. The third kappa shape index (κ3) is 3.58. The summed E-state index contributed by atoms with van der Waals surface area (Å²) in [5.74, 6) is -2.69. The molecule has 0 saturated carbocycles. The molecule has 0 atom stereocenters. The standard InChI is InChI=1S/C12H9N3O4.BrH/c16-11(17)9-5-8(6-13-10(9)12(18)19)7-15-4-2-1-3-14-15;/h1-6H,7H2,(H-,16,17,18,19);1H. The molecule has 0 radical (unpaired) electrons. The van der Waals surface area contributed by atoms with Crippen molar-refractivity contribution in [1.82, 2.24) is 10.1 Å². The monoisotopic (exact) mass is 339 g/mol. The minimum absolute atomic E-state index is 0. The first-order valence-electron chi connectivity index (χ1n) is 5.34. The number of hydrogen-bond donors (Lipinski definition) is 2. The van der Waals surface area contributed by atoms with Gasteiger partial charge in [0.15, 0.2) is 11.9 Å².